The molecule has 0 aliphatic carbocycles. The predicted octanol–water partition coefficient (Wildman–Crippen LogP) is 4.27. The second-order valence-corrected chi connectivity index (χ2v) is 5.36. The molecule has 88 valence electrons. The van der Waals surface area contributed by atoms with Gasteiger partial charge in [-0.25, -0.2) is 0 Å². The third-order valence-corrected chi connectivity index (χ3v) is 3.68. The van der Waals surface area contributed by atoms with Crippen LogP contribution in [0.2, 0.25) is 10.0 Å². The van der Waals surface area contributed by atoms with Crippen LogP contribution in [0, 0.1) is 0 Å². The average molecular weight is 286 g/mol. The molecule has 2 rings (SSSR count). The van der Waals surface area contributed by atoms with Crippen molar-refractivity contribution >= 4 is 40.3 Å². The molecular formula is C12H9Cl2NOS. The topological polar surface area (TPSA) is 30.0 Å². The van der Waals surface area contributed by atoms with Crippen LogP contribution in [0.1, 0.15) is 21.8 Å². The van der Waals surface area contributed by atoms with Crippen molar-refractivity contribution < 1.29 is 4.79 Å². The van der Waals surface area contributed by atoms with Crippen LogP contribution < -0.4 is 0 Å². The monoisotopic (exact) mass is 285 g/mol. The highest BCUT2D eigenvalue weighted by Crippen LogP contribution is 2.20. The number of carbonyl (C=O) groups is 1. The van der Waals surface area contributed by atoms with Crippen molar-refractivity contribution in [2.24, 2.45) is 0 Å². The van der Waals surface area contributed by atoms with Gasteiger partial charge in [-0.1, -0.05) is 29.3 Å². The summed E-state index contributed by atoms with van der Waals surface area (Å²) < 4.78 is 0. The van der Waals surface area contributed by atoms with Crippen LogP contribution in [0.25, 0.3) is 0 Å². The molecule has 0 amide bonds. The summed E-state index contributed by atoms with van der Waals surface area (Å²) in [6.45, 7) is 0. The Kier molecular flexibility index (Phi) is 4.15. The van der Waals surface area contributed by atoms with E-state index in [-0.39, 0.29) is 5.78 Å². The smallest absolute Gasteiger partial charge is 0.183 e. The van der Waals surface area contributed by atoms with Crippen LogP contribution in [0.3, 0.4) is 0 Å². The highest BCUT2D eigenvalue weighted by Gasteiger charge is 2.12. The van der Waals surface area contributed by atoms with Crippen LogP contribution in [-0.2, 0) is 6.42 Å². The Morgan fingerprint density at radius 1 is 1.41 bits per heavy atom. The molecule has 0 spiro atoms. The average Bonchev–Trinajstić information content (AvgIpc) is 2.78. The number of hydrogen-bond donors (Lipinski definition) is 0. The van der Waals surface area contributed by atoms with E-state index in [2.05, 4.69) is 4.98 Å². The van der Waals surface area contributed by atoms with Gasteiger partial charge in [0.15, 0.2) is 5.78 Å². The molecule has 0 radical (unpaired) electrons. The lowest BCUT2D eigenvalue weighted by Crippen LogP contribution is -2.04. The number of Topliss-reactive ketones (excluding diaryl/α,β-unsaturated/α-hetero) is 1. The first kappa shape index (κ1) is 12.6. The molecule has 0 aromatic carbocycles. The zero-order chi connectivity index (χ0) is 12.3. The van der Waals surface area contributed by atoms with E-state index in [0.29, 0.717) is 22.2 Å². The van der Waals surface area contributed by atoms with E-state index in [1.807, 2.05) is 17.5 Å². The van der Waals surface area contributed by atoms with Crippen molar-refractivity contribution in [3.8, 4) is 0 Å². The third kappa shape index (κ3) is 3.28. The number of hydrogen-bond acceptors (Lipinski definition) is 3. The van der Waals surface area contributed by atoms with Gasteiger partial charge in [-0.3, -0.25) is 9.78 Å². The molecule has 0 aliphatic heterocycles. The van der Waals surface area contributed by atoms with E-state index in [1.54, 1.807) is 11.3 Å². The van der Waals surface area contributed by atoms with Crippen LogP contribution in [0.4, 0.5) is 0 Å². The molecule has 0 aliphatic rings. The summed E-state index contributed by atoms with van der Waals surface area (Å²) in [6.07, 6.45) is 2.57. The van der Waals surface area contributed by atoms with Crippen molar-refractivity contribution in [3.63, 3.8) is 0 Å². The van der Waals surface area contributed by atoms with Crippen molar-refractivity contribution in [3.05, 3.63) is 50.4 Å². The molecule has 2 nitrogen and oxygen atoms in total. The highest BCUT2D eigenvalue weighted by molar-refractivity contribution is 7.09. The third-order valence-electron chi connectivity index (χ3n) is 2.25. The molecule has 2 aromatic heterocycles. The summed E-state index contributed by atoms with van der Waals surface area (Å²) in [7, 11) is 0. The number of carbonyl (C=O) groups excluding carboxylic acids is 1. The minimum Gasteiger partial charge on any atom is -0.292 e. The van der Waals surface area contributed by atoms with Crippen molar-refractivity contribution in [1.29, 1.82) is 0 Å². The molecule has 0 saturated carbocycles. The Morgan fingerprint density at radius 3 is 2.88 bits per heavy atom. The number of thiophene rings is 1. The Morgan fingerprint density at radius 2 is 2.24 bits per heavy atom. The lowest BCUT2D eigenvalue weighted by atomic mass is 10.1. The molecule has 5 heteroatoms. The summed E-state index contributed by atoms with van der Waals surface area (Å²) in [4.78, 5) is 17.0. The second kappa shape index (κ2) is 5.63. The summed E-state index contributed by atoms with van der Waals surface area (Å²) >= 11 is 13.3. The Bertz CT molecular complexity index is 525. The summed E-state index contributed by atoms with van der Waals surface area (Å²) in [5.41, 5.74) is 0.299. The van der Waals surface area contributed by atoms with Gasteiger partial charge in [0, 0.05) is 17.5 Å². The summed E-state index contributed by atoms with van der Waals surface area (Å²) in [5.74, 6) is -0.0555. The normalized spacial score (nSPS) is 10.5. The van der Waals surface area contributed by atoms with E-state index < -0.39 is 0 Å². The molecular weight excluding hydrogens is 277 g/mol. The summed E-state index contributed by atoms with van der Waals surface area (Å²) in [6, 6.07) is 5.52. The number of halogens is 2. The van der Waals surface area contributed by atoms with E-state index >= 15 is 0 Å². The van der Waals surface area contributed by atoms with Gasteiger partial charge in [-0.2, -0.15) is 0 Å². The highest BCUT2D eigenvalue weighted by atomic mass is 35.5. The first-order chi connectivity index (χ1) is 8.16. The lowest BCUT2D eigenvalue weighted by molar-refractivity contribution is 0.0978. The molecule has 0 unspecified atom stereocenters. The van der Waals surface area contributed by atoms with Gasteiger partial charge in [-0.15, -0.1) is 11.3 Å². The first-order valence-electron chi connectivity index (χ1n) is 5.03. The molecule has 2 heterocycles. The number of ketones is 1. The van der Waals surface area contributed by atoms with Gasteiger partial charge in [0.05, 0.1) is 10.0 Å². The molecule has 17 heavy (non-hydrogen) atoms. The Hall–Kier alpha value is -0.900. The fourth-order valence-electron chi connectivity index (χ4n) is 1.43. The maximum absolute atomic E-state index is 11.9. The van der Waals surface area contributed by atoms with Gasteiger partial charge in [0.25, 0.3) is 0 Å². The largest absolute Gasteiger partial charge is 0.292 e. The van der Waals surface area contributed by atoms with Crippen LogP contribution >= 0.6 is 34.5 Å². The Labute approximate surface area is 113 Å². The number of rotatable bonds is 4. The number of pyridine rings is 1. The van der Waals surface area contributed by atoms with Gasteiger partial charge in [0.2, 0.25) is 0 Å². The molecule has 0 N–H and O–H groups in total. The molecule has 2 aromatic rings. The minimum atomic E-state index is -0.0555. The van der Waals surface area contributed by atoms with Crippen LogP contribution in [0.5, 0.6) is 0 Å². The molecule has 0 fully saturated rings. The fourth-order valence-corrected chi connectivity index (χ4v) is 2.62. The molecule has 0 atom stereocenters. The quantitative estimate of drug-likeness (QED) is 0.786. The number of nitrogens with zero attached hydrogens (tertiary/aromatic N) is 1. The van der Waals surface area contributed by atoms with Crippen LogP contribution in [-0.4, -0.2) is 10.8 Å². The minimum absolute atomic E-state index is 0.0555. The summed E-state index contributed by atoms with van der Waals surface area (Å²) in [5, 5.41) is 2.74. The van der Waals surface area contributed by atoms with E-state index in [1.165, 1.54) is 17.1 Å². The fraction of sp³-hybridized carbons (Fsp3) is 0.167. The van der Waals surface area contributed by atoms with E-state index in [4.69, 9.17) is 23.2 Å². The standard InChI is InChI=1S/C12H9Cl2NOS/c13-8-6-10(14)12(15-7-8)11(16)4-3-9-2-1-5-17-9/h1-2,5-7H,3-4H2. The van der Waals surface area contributed by atoms with Crippen molar-refractivity contribution in [2.75, 3.05) is 0 Å². The van der Waals surface area contributed by atoms with Gasteiger partial charge in [0.1, 0.15) is 5.69 Å². The van der Waals surface area contributed by atoms with Gasteiger partial charge >= 0.3 is 0 Å². The van der Waals surface area contributed by atoms with Crippen molar-refractivity contribution in [2.45, 2.75) is 12.8 Å². The zero-order valence-corrected chi connectivity index (χ0v) is 11.1. The van der Waals surface area contributed by atoms with Gasteiger partial charge < -0.3 is 0 Å². The molecule has 0 bridgehead atoms. The second-order valence-electron chi connectivity index (χ2n) is 3.49. The lowest BCUT2D eigenvalue weighted by Gasteiger charge is -2.02. The first-order valence-corrected chi connectivity index (χ1v) is 6.67. The van der Waals surface area contributed by atoms with E-state index in [9.17, 15) is 4.79 Å². The zero-order valence-electron chi connectivity index (χ0n) is 8.82. The number of aromatic nitrogens is 1. The van der Waals surface area contributed by atoms with Crippen LogP contribution in [0.15, 0.2) is 29.8 Å². The number of aryl methyl sites for hydroxylation is 1. The van der Waals surface area contributed by atoms with E-state index in [0.717, 1.165) is 6.42 Å². The van der Waals surface area contributed by atoms with Gasteiger partial charge in [-0.05, 0) is 23.9 Å². The maximum atomic E-state index is 11.9. The van der Waals surface area contributed by atoms with Crippen molar-refractivity contribution in [1.82, 2.24) is 4.98 Å². The maximum Gasteiger partial charge on any atom is 0.183 e. The SMILES string of the molecule is O=C(CCc1cccs1)c1ncc(Cl)cc1Cl. The molecule has 0 saturated heterocycles. The Balaban J connectivity index is 2.04. The predicted molar refractivity (Wildman–Crippen MR) is 71.2 cm³/mol.